The van der Waals surface area contributed by atoms with Gasteiger partial charge in [-0.2, -0.15) is 0 Å². The molecule has 3 rings (SSSR count). The molecule has 0 aliphatic carbocycles. The Hall–Kier alpha value is -3.72. The molecular weight excluding hydrogens is 448 g/mol. The zero-order chi connectivity index (χ0) is 24.9. The molecule has 184 valence electrons. The largest absolute Gasteiger partial charge is 0.457 e. The van der Waals surface area contributed by atoms with E-state index in [1.165, 1.54) is 7.11 Å². The van der Waals surface area contributed by atoms with E-state index in [0.29, 0.717) is 23.5 Å². The number of rotatable bonds is 13. The van der Waals surface area contributed by atoms with Crippen LogP contribution in [0.3, 0.4) is 0 Å². The number of nitrogens with one attached hydrogen (secondary N) is 2. The zero-order valence-corrected chi connectivity index (χ0v) is 19.6. The van der Waals surface area contributed by atoms with E-state index in [0.717, 1.165) is 5.56 Å². The Kier molecular flexibility index (Phi) is 10.3. The Labute approximate surface area is 204 Å². The van der Waals surface area contributed by atoms with Crippen molar-refractivity contribution in [3.63, 3.8) is 0 Å². The Bertz CT molecular complexity index is 1040. The van der Waals surface area contributed by atoms with Gasteiger partial charge in [0.05, 0.1) is 12.6 Å². The molecule has 0 aliphatic rings. The molecule has 0 spiro atoms. The van der Waals surface area contributed by atoms with Crippen LogP contribution in [0.2, 0.25) is 0 Å². The van der Waals surface area contributed by atoms with E-state index in [4.69, 9.17) is 14.2 Å². The number of methoxy groups -OCH3 is 1. The molecule has 3 aromatic rings. The van der Waals surface area contributed by atoms with Crippen molar-refractivity contribution in [2.45, 2.75) is 18.9 Å². The summed E-state index contributed by atoms with van der Waals surface area (Å²) in [5.74, 6) is -0.116. The summed E-state index contributed by atoms with van der Waals surface area (Å²) in [6.07, 6.45) is 0.654. The number of ether oxygens (including phenoxy) is 3. The molecule has 0 radical (unpaired) electrons. The Morgan fingerprint density at radius 2 is 1.51 bits per heavy atom. The summed E-state index contributed by atoms with van der Waals surface area (Å²) in [5, 5.41) is 12.2. The fraction of sp³-hybridized carbons (Fsp3) is 0.259. The maximum absolute atomic E-state index is 12.9. The molecule has 0 aromatic heterocycles. The SMILES string of the molecule is COCOC[C@@H](C[C@@H](Cc1ccccc1)C(=O)NO)NC(=O)c1ccc(Oc2ccccc2)cc1. The van der Waals surface area contributed by atoms with E-state index >= 15 is 0 Å². The number of carbonyl (C=O) groups is 2. The Balaban J connectivity index is 1.67. The van der Waals surface area contributed by atoms with Gasteiger partial charge < -0.3 is 19.5 Å². The zero-order valence-electron chi connectivity index (χ0n) is 19.6. The van der Waals surface area contributed by atoms with Gasteiger partial charge in [-0.15, -0.1) is 0 Å². The van der Waals surface area contributed by atoms with Crippen LogP contribution in [-0.4, -0.2) is 43.6 Å². The van der Waals surface area contributed by atoms with Crippen molar-refractivity contribution in [1.29, 1.82) is 0 Å². The van der Waals surface area contributed by atoms with E-state index in [9.17, 15) is 14.8 Å². The van der Waals surface area contributed by atoms with Crippen LogP contribution in [0.5, 0.6) is 11.5 Å². The minimum absolute atomic E-state index is 0.0490. The minimum atomic E-state index is -0.583. The molecular formula is C27H30N2O6. The summed E-state index contributed by atoms with van der Waals surface area (Å²) in [6.45, 7) is 0.187. The monoisotopic (exact) mass is 478 g/mol. The lowest BCUT2D eigenvalue weighted by Gasteiger charge is -2.23. The smallest absolute Gasteiger partial charge is 0.251 e. The second-order valence-electron chi connectivity index (χ2n) is 7.99. The highest BCUT2D eigenvalue weighted by molar-refractivity contribution is 5.94. The summed E-state index contributed by atoms with van der Waals surface area (Å²) in [6, 6.07) is 25.1. The first-order chi connectivity index (χ1) is 17.1. The predicted molar refractivity (Wildman–Crippen MR) is 130 cm³/mol. The number of hydrogen-bond acceptors (Lipinski definition) is 6. The Morgan fingerprint density at radius 1 is 0.886 bits per heavy atom. The molecule has 0 fully saturated rings. The lowest BCUT2D eigenvalue weighted by atomic mass is 9.92. The van der Waals surface area contributed by atoms with Crippen LogP contribution in [0.4, 0.5) is 0 Å². The second-order valence-corrected chi connectivity index (χ2v) is 7.99. The highest BCUT2D eigenvalue weighted by Gasteiger charge is 2.25. The molecule has 0 unspecified atom stereocenters. The fourth-order valence-corrected chi connectivity index (χ4v) is 3.63. The molecule has 35 heavy (non-hydrogen) atoms. The van der Waals surface area contributed by atoms with Crippen molar-refractivity contribution in [3.05, 3.63) is 96.1 Å². The van der Waals surface area contributed by atoms with Gasteiger partial charge in [-0.1, -0.05) is 48.5 Å². The quantitative estimate of drug-likeness (QED) is 0.149. The van der Waals surface area contributed by atoms with E-state index < -0.39 is 17.9 Å². The van der Waals surface area contributed by atoms with Gasteiger partial charge in [-0.3, -0.25) is 14.8 Å². The van der Waals surface area contributed by atoms with Gasteiger partial charge in [-0.25, -0.2) is 5.48 Å². The lowest BCUT2D eigenvalue weighted by Crippen LogP contribution is -2.42. The predicted octanol–water partition coefficient (Wildman–Crippen LogP) is 3.95. The standard InChI is InChI=1S/C27H30N2O6/c1-33-19-34-18-23(17-22(27(31)29-32)16-20-8-4-2-5-9-20)28-26(30)21-12-14-25(15-13-21)35-24-10-6-3-7-11-24/h2-15,22-23,32H,16-19H2,1H3,(H,28,30)(H,29,31)/t22-,23-/m1/s1. The van der Waals surface area contributed by atoms with Crippen molar-refractivity contribution in [1.82, 2.24) is 10.8 Å². The van der Waals surface area contributed by atoms with Crippen molar-refractivity contribution in [3.8, 4) is 11.5 Å². The molecule has 3 N–H and O–H groups in total. The van der Waals surface area contributed by atoms with Crippen LogP contribution in [0, 0.1) is 5.92 Å². The summed E-state index contributed by atoms with van der Waals surface area (Å²) in [4.78, 5) is 25.3. The van der Waals surface area contributed by atoms with E-state index in [1.807, 2.05) is 60.7 Å². The van der Waals surface area contributed by atoms with Crippen LogP contribution >= 0.6 is 0 Å². The second kappa shape index (κ2) is 13.9. The van der Waals surface area contributed by atoms with Crippen LogP contribution < -0.4 is 15.5 Å². The van der Waals surface area contributed by atoms with Gasteiger partial charge in [-0.05, 0) is 54.8 Å². The number of para-hydroxylation sites is 1. The van der Waals surface area contributed by atoms with E-state index in [2.05, 4.69) is 5.32 Å². The van der Waals surface area contributed by atoms with Crippen LogP contribution in [0.15, 0.2) is 84.9 Å². The first-order valence-corrected chi connectivity index (χ1v) is 11.3. The van der Waals surface area contributed by atoms with Crippen LogP contribution in [0.1, 0.15) is 22.3 Å². The molecule has 0 aliphatic heterocycles. The van der Waals surface area contributed by atoms with Crippen molar-refractivity contribution >= 4 is 11.8 Å². The number of hydroxylamine groups is 1. The maximum Gasteiger partial charge on any atom is 0.251 e. The number of amides is 2. The number of benzene rings is 3. The first kappa shape index (κ1) is 25.9. The van der Waals surface area contributed by atoms with Gasteiger partial charge in [0.2, 0.25) is 5.91 Å². The van der Waals surface area contributed by atoms with Gasteiger partial charge >= 0.3 is 0 Å². The van der Waals surface area contributed by atoms with Gasteiger partial charge in [0.25, 0.3) is 5.91 Å². The highest BCUT2D eigenvalue weighted by Crippen LogP contribution is 2.21. The molecule has 0 saturated heterocycles. The molecule has 0 saturated carbocycles. The van der Waals surface area contributed by atoms with Gasteiger partial charge in [0, 0.05) is 18.6 Å². The molecule has 8 heteroatoms. The van der Waals surface area contributed by atoms with E-state index in [-0.39, 0.29) is 25.7 Å². The number of hydrogen-bond donors (Lipinski definition) is 3. The van der Waals surface area contributed by atoms with Crippen LogP contribution in [-0.2, 0) is 20.7 Å². The first-order valence-electron chi connectivity index (χ1n) is 11.3. The molecule has 8 nitrogen and oxygen atoms in total. The molecule has 2 amide bonds. The summed E-state index contributed by atoms with van der Waals surface area (Å²) in [5.41, 5.74) is 3.12. The molecule has 0 heterocycles. The lowest BCUT2D eigenvalue weighted by molar-refractivity contribution is -0.134. The average Bonchev–Trinajstić information content (AvgIpc) is 2.89. The third kappa shape index (κ3) is 8.53. The molecule has 2 atom stereocenters. The summed E-state index contributed by atoms with van der Waals surface area (Å²) in [7, 11) is 1.50. The maximum atomic E-state index is 12.9. The fourth-order valence-electron chi connectivity index (χ4n) is 3.63. The third-order valence-electron chi connectivity index (χ3n) is 5.33. The van der Waals surface area contributed by atoms with Gasteiger partial charge in [0.1, 0.15) is 18.3 Å². The van der Waals surface area contributed by atoms with Crippen molar-refractivity contribution < 1.29 is 29.0 Å². The van der Waals surface area contributed by atoms with Crippen molar-refractivity contribution in [2.75, 3.05) is 20.5 Å². The molecule has 0 bridgehead atoms. The normalized spacial score (nSPS) is 12.4. The Morgan fingerprint density at radius 3 is 2.14 bits per heavy atom. The summed E-state index contributed by atoms with van der Waals surface area (Å²) < 4.78 is 16.2. The summed E-state index contributed by atoms with van der Waals surface area (Å²) >= 11 is 0. The topological polar surface area (TPSA) is 106 Å². The van der Waals surface area contributed by atoms with Crippen LogP contribution in [0.25, 0.3) is 0 Å². The minimum Gasteiger partial charge on any atom is -0.457 e. The average molecular weight is 479 g/mol. The molecule has 3 aromatic carbocycles. The number of carbonyl (C=O) groups excluding carboxylic acids is 2. The van der Waals surface area contributed by atoms with Crippen molar-refractivity contribution in [2.24, 2.45) is 5.92 Å². The highest BCUT2D eigenvalue weighted by atomic mass is 16.7. The van der Waals surface area contributed by atoms with E-state index in [1.54, 1.807) is 29.7 Å². The van der Waals surface area contributed by atoms with Gasteiger partial charge in [0.15, 0.2) is 0 Å². The third-order valence-corrected chi connectivity index (χ3v) is 5.33.